The zero-order chi connectivity index (χ0) is 33.5. The van der Waals surface area contributed by atoms with Gasteiger partial charge in [0, 0.05) is 87.1 Å². The Kier molecular flexibility index (Phi) is 9.24. The molecule has 0 aliphatic carbocycles. The van der Waals surface area contributed by atoms with Gasteiger partial charge in [0.2, 0.25) is 11.8 Å². The van der Waals surface area contributed by atoms with Crippen molar-refractivity contribution >= 4 is 34.6 Å². The van der Waals surface area contributed by atoms with Gasteiger partial charge in [0.05, 0.1) is 38.4 Å². The average Bonchev–Trinajstić information content (AvgIpc) is 3.46. The summed E-state index contributed by atoms with van der Waals surface area (Å²) in [6.07, 6.45) is 2.63. The molecule has 2 aromatic rings. The number of piperidine rings is 2. The Hall–Kier alpha value is -3.50. The summed E-state index contributed by atoms with van der Waals surface area (Å²) in [4.78, 5) is 34.0. The summed E-state index contributed by atoms with van der Waals surface area (Å²) in [6.45, 7) is 18.7. The maximum absolute atomic E-state index is 12.2. The van der Waals surface area contributed by atoms with Crippen LogP contribution >= 0.6 is 0 Å². The molecule has 0 saturated carbocycles. The second-order valence-electron chi connectivity index (χ2n) is 15.9. The maximum Gasteiger partial charge on any atom is 0.224 e. The van der Waals surface area contributed by atoms with Crippen molar-refractivity contribution < 1.29 is 19.1 Å². The topological polar surface area (TPSA) is 89.6 Å². The predicted octanol–water partition coefficient (Wildman–Crippen LogP) is 3.89. The number of nitrogens with one attached hydrogen (secondary N) is 2. The summed E-state index contributed by atoms with van der Waals surface area (Å²) in [7, 11) is 0. The molecule has 4 bridgehead atoms. The van der Waals surface area contributed by atoms with Crippen molar-refractivity contribution in [2.24, 2.45) is 16.7 Å². The smallest absolute Gasteiger partial charge is 0.224 e. The molecule has 10 rings (SSSR count). The second-order valence-corrected chi connectivity index (χ2v) is 15.9. The number of carbonyl (C=O) groups is 2. The number of amides is 2. The van der Waals surface area contributed by atoms with Gasteiger partial charge in [0.15, 0.2) is 0 Å². The van der Waals surface area contributed by atoms with Gasteiger partial charge in [-0.15, -0.1) is 0 Å². The van der Waals surface area contributed by atoms with Crippen molar-refractivity contribution in [3.05, 3.63) is 48.5 Å². The predicted molar refractivity (Wildman–Crippen MR) is 191 cm³/mol. The molecule has 0 unspecified atom stereocenters. The van der Waals surface area contributed by atoms with Gasteiger partial charge in [-0.3, -0.25) is 9.59 Å². The first kappa shape index (κ1) is 33.0. The first-order valence-electron chi connectivity index (χ1n) is 18.0. The lowest BCUT2D eigenvalue weighted by atomic mass is 9.73. The summed E-state index contributed by atoms with van der Waals surface area (Å²) >= 11 is 0. The minimum absolute atomic E-state index is 0.0951. The Morgan fingerprint density at radius 2 is 1.12 bits per heavy atom. The Labute approximate surface area is 286 Å². The van der Waals surface area contributed by atoms with Crippen LogP contribution in [0.25, 0.3) is 0 Å². The average molecular weight is 659 g/mol. The third-order valence-corrected chi connectivity index (χ3v) is 11.6. The molecule has 8 fully saturated rings. The molecule has 48 heavy (non-hydrogen) atoms. The highest BCUT2D eigenvalue weighted by Crippen LogP contribution is 2.43. The SMILES string of the molecule is CC1(C)C[C@H]2CN(c3ccc(N4CCOCC4)cc3)[C@@H]1CC(=O)N2.CC1(C)C[C@H]2CN(c3ccc(N4CCOCC4)cc3)[C@@H]1CNC2=O. The molecular weight excluding hydrogens is 604 g/mol. The normalized spacial score (nSPS) is 29.3. The highest BCUT2D eigenvalue weighted by Gasteiger charge is 2.47. The summed E-state index contributed by atoms with van der Waals surface area (Å²) in [5.74, 6) is 0.513. The Morgan fingerprint density at radius 3 is 1.67 bits per heavy atom. The number of rotatable bonds is 4. The zero-order valence-electron chi connectivity index (χ0n) is 29.2. The molecule has 2 aromatic carbocycles. The van der Waals surface area contributed by atoms with E-state index in [2.05, 4.69) is 106 Å². The van der Waals surface area contributed by atoms with Gasteiger partial charge in [0.25, 0.3) is 0 Å². The fourth-order valence-corrected chi connectivity index (χ4v) is 9.02. The van der Waals surface area contributed by atoms with Crippen molar-refractivity contribution in [3.63, 3.8) is 0 Å². The molecule has 10 heteroatoms. The molecular formula is C38H54N6O4. The van der Waals surface area contributed by atoms with Gasteiger partial charge in [-0.2, -0.15) is 0 Å². The molecule has 8 aliphatic rings. The van der Waals surface area contributed by atoms with E-state index in [9.17, 15) is 9.59 Å². The molecule has 2 amide bonds. The highest BCUT2D eigenvalue weighted by molar-refractivity contribution is 5.81. The molecule has 2 N–H and O–H groups in total. The van der Waals surface area contributed by atoms with Crippen molar-refractivity contribution in [3.8, 4) is 0 Å². The fraction of sp³-hybridized carbons (Fsp3) is 0.632. The van der Waals surface area contributed by atoms with E-state index in [1.54, 1.807) is 0 Å². The Bertz CT molecular complexity index is 1370. The molecule has 0 aromatic heterocycles. The van der Waals surface area contributed by atoms with Gasteiger partial charge >= 0.3 is 0 Å². The highest BCUT2D eigenvalue weighted by atomic mass is 16.5. The zero-order valence-corrected chi connectivity index (χ0v) is 29.2. The molecule has 8 heterocycles. The van der Waals surface area contributed by atoms with Crippen LogP contribution in [-0.2, 0) is 19.1 Å². The molecule has 10 nitrogen and oxygen atoms in total. The van der Waals surface area contributed by atoms with Crippen LogP contribution in [0.2, 0.25) is 0 Å². The van der Waals surface area contributed by atoms with Gasteiger partial charge in [-0.05, 0) is 72.2 Å². The standard InChI is InChI=1S/2C19H27N3O2/c1-19(2)12-14-13-22(17(19)11-18(23)20-14)16-5-3-15(4-6-16)21-7-9-24-10-8-21;1-19(2)11-14-13-22(17(19)12-20-18(14)23)16-5-3-15(4-6-16)21-7-9-24-10-8-21/h2*3-6,14,17H,7-13H2,1-2H3,(H,20,23)/t2*14-,17+/m00/s1. The lowest BCUT2D eigenvalue weighted by molar-refractivity contribution is -0.124. The molecule has 260 valence electrons. The van der Waals surface area contributed by atoms with Crippen LogP contribution in [0.15, 0.2) is 48.5 Å². The summed E-state index contributed by atoms with van der Waals surface area (Å²) in [6, 6.07) is 18.6. The van der Waals surface area contributed by atoms with Crippen LogP contribution in [-0.4, -0.2) is 102 Å². The van der Waals surface area contributed by atoms with E-state index in [-0.39, 0.29) is 40.6 Å². The summed E-state index contributed by atoms with van der Waals surface area (Å²) in [5, 5.41) is 6.31. The summed E-state index contributed by atoms with van der Waals surface area (Å²) < 4.78 is 10.9. The van der Waals surface area contributed by atoms with Crippen molar-refractivity contribution in [2.45, 2.75) is 65.1 Å². The van der Waals surface area contributed by atoms with Crippen LogP contribution in [0.3, 0.4) is 0 Å². The maximum atomic E-state index is 12.2. The van der Waals surface area contributed by atoms with Crippen LogP contribution in [0, 0.1) is 16.7 Å². The lowest BCUT2D eigenvalue weighted by Crippen LogP contribution is -2.54. The first-order valence-corrected chi connectivity index (χ1v) is 18.0. The minimum atomic E-state index is 0.0951. The molecule has 8 saturated heterocycles. The van der Waals surface area contributed by atoms with E-state index < -0.39 is 0 Å². The number of carbonyl (C=O) groups excluding carboxylic acids is 2. The van der Waals surface area contributed by atoms with Crippen LogP contribution in [0.1, 0.15) is 47.0 Å². The number of ether oxygens (including phenoxy) is 2. The number of benzene rings is 2. The Balaban J connectivity index is 0.000000152. The molecule has 0 spiro atoms. The number of morpholine rings is 2. The summed E-state index contributed by atoms with van der Waals surface area (Å²) in [5.41, 5.74) is 5.26. The van der Waals surface area contributed by atoms with E-state index in [0.29, 0.717) is 12.5 Å². The third kappa shape index (κ3) is 6.83. The number of hydrogen-bond donors (Lipinski definition) is 2. The largest absolute Gasteiger partial charge is 0.378 e. The van der Waals surface area contributed by atoms with Crippen LogP contribution in [0.5, 0.6) is 0 Å². The fourth-order valence-electron chi connectivity index (χ4n) is 9.02. The van der Waals surface area contributed by atoms with Gasteiger partial charge < -0.3 is 39.7 Å². The number of hydrogen-bond acceptors (Lipinski definition) is 8. The van der Waals surface area contributed by atoms with E-state index in [4.69, 9.17) is 9.47 Å². The van der Waals surface area contributed by atoms with Crippen LogP contribution < -0.4 is 30.2 Å². The quantitative estimate of drug-likeness (QED) is 0.512. The van der Waals surface area contributed by atoms with E-state index in [0.717, 1.165) is 85.1 Å². The van der Waals surface area contributed by atoms with E-state index >= 15 is 0 Å². The molecule has 8 aliphatic heterocycles. The van der Waals surface area contributed by atoms with Crippen molar-refractivity contribution in [2.75, 3.05) is 91.8 Å². The van der Waals surface area contributed by atoms with E-state index in [1.807, 2.05) is 0 Å². The lowest BCUT2D eigenvalue weighted by Gasteiger charge is -2.48. The van der Waals surface area contributed by atoms with Crippen molar-refractivity contribution in [1.82, 2.24) is 10.6 Å². The molecule has 4 atom stereocenters. The second kappa shape index (κ2) is 13.4. The number of anilines is 4. The minimum Gasteiger partial charge on any atom is -0.378 e. The monoisotopic (exact) mass is 658 g/mol. The molecule has 0 radical (unpaired) electrons. The van der Waals surface area contributed by atoms with Gasteiger partial charge in [-0.25, -0.2) is 0 Å². The van der Waals surface area contributed by atoms with Gasteiger partial charge in [0.1, 0.15) is 0 Å². The van der Waals surface area contributed by atoms with Crippen LogP contribution in [0.4, 0.5) is 22.7 Å². The number of fused-ring (bicyclic) bond motifs is 8. The Morgan fingerprint density at radius 1 is 0.646 bits per heavy atom. The third-order valence-electron chi connectivity index (χ3n) is 11.6. The van der Waals surface area contributed by atoms with Gasteiger partial charge in [-0.1, -0.05) is 27.7 Å². The van der Waals surface area contributed by atoms with E-state index in [1.165, 1.54) is 22.7 Å². The number of nitrogens with zero attached hydrogens (tertiary/aromatic N) is 4. The first-order chi connectivity index (χ1) is 23.1. The van der Waals surface area contributed by atoms with Crippen molar-refractivity contribution in [1.29, 1.82) is 0 Å².